The largest absolute Gasteiger partial charge is 0.489 e. The third-order valence-electron chi connectivity index (χ3n) is 5.00. The van der Waals surface area contributed by atoms with Crippen LogP contribution in [-0.4, -0.2) is 31.3 Å². The number of alkyl halides is 3. The third kappa shape index (κ3) is 5.27. The SMILES string of the molecule is NC(C(=O)NC1(c2ccc(OCc3ccccc3)cc2)CCOCC1)C(F)(F)F. The molecule has 2 aromatic carbocycles. The van der Waals surface area contributed by atoms with Crippen molar-refractivity contribution in [3.05, 3.63) is 65.7 Å². The summed E-state index contributed by atoms with van der Waals surface area (Å²) in [5.74, 6) is -0.623. The van der Waals surface area contributed by atoms with Gasteiger partial charge in [-0.05, 0) is 36.1 Å². The molecule has 0 saturated carbocycles. The summed E-state index contributed by atoms with van der Waals surface area (Å²) in [7, 11) is 0. The molecule has 1 aliphatic rings. The number of nitrogens with two attached hydrogens (primary N) is 1. The molecule has 1 saturated heterocycles. The number of ether oxygens (including phenoxy) is 2. The first kappa shape index (κ1) is 21.1. The van der Waals surface area contributed by atoms with Crippen LogP contribution >= 0.6 is 0 Å². The Labute approximate surface area is 167 Å². The van der Waals surface area contributed by atoms with E-state index in [2.05, 4.69) is 5.32 Å². The van der Waals surface area contributed by atoms with Crippen molar-refractivity contribution in [2.75, 3.05) is 13.2 Å². The normalized spacial score (nSPS) is 17.4. The van der Waals surface area contributed by atoms with E-state index in [1.807, 2.05) is 30.3 Å². The van der Waals surface area contributed by atoms with Crippen molar-refractivity contribution in [2.45, 2.75) is 37.2 Å². The van der Waals surface area contributed by atoms with Gasteiger partial charge in [0.25, 0.3) is 0 Å². The molecule has 0 radical (unpaired) electrons. The molecule has 5 nitrogen and oxygen atoms in total. The summed E-state index contributed by atoms with van der Waals surface area (Å²) < 4.78 is 49.6. The summed E-state index contributed by atoms with van der Waals surface area (Å²) in [6.45, 7) is 1.05. The van der Waals surface area contributed by atoms with Crippen LogP contribution < -0.4 is 15.8 Å². The lowest BCUT2D eigenvalue weighted by molar-refractivity contribution is -0.164. The second kappa shape index (κ2) is 8.84. The van der Waals surface area contributed by atoms with Crippen molar-refractivity contribution in [3.63, 3.8) is 0 Å². The second-order valence-electron chi connectivity index (χ2n) is 7.00. The smallest absolute Gasteiger partial charge is 0.412 e. The Kier molecular flexibility index (Phi) is 6.44. The van der Waals surface area contributed by atoms with Crippen molar-refractivity contribution in [1.82, 2.24) is 5.32 Å². The highest BCUT2D eigenvalue weighted by atomic mass is 19.4. The van der Waals surface area contributed by atoms with Gasteiger partial charge in [-0.3, -0.25) is 4.79 Å². The molecule has 1 unspecified atom stereocenters. The summed E-state index contributed by atoms with van der Waals surface area (Å²) in [5, 5.41) is 2.53. The van der Waals surface area contributed by atoms with Crippen molar-refractivity contribution in [2.24, 2.45) is 5.73 Å². The quantitative estimate of drug-likeness (QED) is 0.770. The van der Waals surface area contributed by atoms with Crippen LogP contribution in [0.2, 0.25) is 0 Å². The minimum atomic E-state index is -4.80. The highest BCUT2D eigenvalue weighted by Crippen LogP contribution is 2.34. The monoisotopic (exact) mass is 408 g/mol. The second-order valence-corrected chi connectivity index (χ2v) is 7.00. The van der Waals surface area contributed by atoms with Crippen LogP contribution in [-0.2, 0) is 21.7 Å². The average molecular weight is 408 g/mol. The van der Waals surface area contributed by atoms with Crippen molar-refractivity contribution in [3.8, 4) is 5.75 Å². The standard InChI is InChI=1S/C21H23F3N2O3/c22-21(23,24)18(25)19(27)26-20(10-12-28-13-11-20)16-6-8-17(9-7-16)29-14-15-4-2-1-3-5-15/h1-9,18H,10-14,25H2,(H,26,27). The van der Waals surface area contributed by atoms with E-state index in [4.69, 9.17) is 15.2 Å². The molecule has 3 N–H and O–H groups in total. The maximum absolute atomic E-state index is 12.8. The molecule has 1 aliphatic heterocycles. The first-order chi connectivity index (χ1) is 13.8. The molecule has 2 aromatic rings. The summed E-state index contributed by atoms with van der Waals surface area (Å²) in [6.07, 6.45) is -4.09. The zero-order valence-electron chi connectivity index (χ0n) is 15.7. The fraction of sp³-hybridized carbons (Fsp3) is 0.381. The molecule has 0 aliphatic carbocycles. The molecular formula is C21H23F3N2O3. The molecular weight excluding hydrogens is 385 g/mol. The van der Waals surface area contributed by atoms with Crippen molar-refractivity contribution < 1.29 is 27.4 Å². The Morgan fingerprint density at radius 2 is 1.72 bits per heavy atom. The highest BCUT2D eigenvalue weighted by molar-refractivity contribution is 5.83. The first-order valence-electron chi connectivity index (χ1n) is 9.29. The van der Waals surface area contributed by atoms with Crippen LogP contribution in [0, 0.1) is 0 Å². The fourth-order valence-electron chi connectivity index (χ4n) is 3.28. The average Bonchev–Trinajstić information content (AvgIpc) is 2.73. The van der Waals surface area contributed by atoms with Crippen molar-refractivity contribution >= 4 is 5.91 Å². The Morgan fingerprint density at radius 1 is 1.10 bits per heavy atom. The predicted octanol–water partition coefficient (Wildman–Crippen LogP) is 3.28. The van der Waals surface area contributed by atoms with Gasteiger partial charge >= 0.3 is 6.18 Å². The maximum Gasteiger partial charge on any atom is 0.412 e. The molecule has 29 heavy (non-hydrogen) atoms. The minimum absolute atomic E-state index is 0.327. The van der Waals surface area contributed by atoms with E-state index in [1.165, 1.54) is 0 Å². The van der Waals surface area contributed by atoms with Gasteiger partial charge in [-0.15, -0.1) is 0 Å². The maximum atomic E-state index is 12.8. The van der Waals surface area contributed by atoms with E-state index >= 15 is 0 Å². The van der Waals surface area contributed by atoms with Gasteiger partial charge in [-0.1, -0.05) is 42.5 Å². The minimum Gasteiger partial charge on any atom is -0.489 e. The molecule has 156 valence electrons. The lowest BCUT2D eigenvalue weighted by Gasteiger charge is -2.39. The number of hydrogen-bond donors (Lipinski definition) is 2. The van der Waals surface area contributed by atoms with E-state index < -0.39 is 23.7 Å². The molecule has 1 fully saturated rings. The number of rotatable bonds is 6. The Bertz CT molecular complexity index is 804. The number of carbonyl (C=O) groups is 1. The molecule has 0 bridgehead atoms. The van der Waals surface area contributed by atoms with Crippen LogP contribution in [0.15, 0.2) is 54.6 Å². The number of nitrogens with one attached hydrogen (secondary N) is 1. The zero-order chi connectivity index (χ0) is 20.9. The van der Waals surface area contributed by atoms with Gasteiger partial charge < -0.3 is 20.5 Å². The van der Waals surface area contributed by atoms with Gasteiger partial charge in [0.2, 0.25) is 5.91 Å². The molecule has 1 heterocycles. The molecule has 1 atom stereocenters. The molecule has 3 rings (SSSR count). The first-order valence-corrected chi connectivity index (χ1v) is 9.29. The number of amides is 1. The van der Waals surface area contributed by atoms with E-state index in [-0.39, 0.29) is 0 Å². The van der Waals surface area contributed by atoms with E-state index in [1.54, 1.807) is 24.3 Å². The van der Waals surface area contributed by atoms with E-state index in [0.717, 1.165) is 5.56 Å². The van der Waals surface area contributed by atoms with Gasteiger partial charge in [0.1, 0.15) is 12.4 Å². The zero-order valence-corrected chi connectivity index (χ0v) is 15.7. The van der Waals surface area contributed by atoms with Crippen LogP contribution in [0.5, 0.6) is 5.75 Å². The van der Waals surface area contributed by atoms with Crippen LogP contribution in [0.3, 0.4) is 0 Å². The van der Waals surface area contributed by atoms with Gasteiger partial charge in [0.15, 0.2) is 6.04 Å². The summed E-state index contributed by atoms with van der Waals surface area (Å²) >= 11 is 0. The lowest BCUT2D eigenvalue weighted by atomic mass is 9.82. The summed E-state index contributed by atoms with van der Waals surface area (Å²) in [6, 6.07) is 14.1. The molecule has 0 spiro atoms. The van der Waals surface area contributed by atoms with Gasteiger partial charge in [-0.25, -0.2) is 0 Å². The Hall–Kier alpha value is -2.58. The predicted molar refractivity (Wildman–Crippen MR) is 101 cm³/mol. The topological polar surface area (TPSA) is 73.6 Å². The van der Waals surface area contributed by atoms with Crippen LogP contribution in [0.1, 0.15) is 24.0 Å². The number of benzene rings is 2. The molecule has 8 heteroatoms. The van der Waals surface area contributed by atoms with Crippen molar-refractivity contribution in [1.29, 1.82) is 0 Å². The molecule has 1 amide bonds. The summed E-state index contributed by atoms with van der Waals surface area (Å²) in [4.78, 5) is 12.1. The Morgan fingerprint density at radius 3 is 2.31 bits per heavy atom. The van der Waals surface area contributed by atoms with Crippen LogP contribution in [0.25, 0.3) is 0 Å². The number of carbonyl (C=O) groups excluding carboxylic acids is 1. The van der Waals surface area contributed by atoms with Gasteiger partial charge in [0, 0.05) is 13.2 Å². The highest BCUT2D eigenvalue weighted by Gasteiger charge is 2.45. The van der Waals surface area contributed by atoms with Crippen LogP contribution in [0.4, 0.5) is 13.2 Å². The van der Waals surface area contributed by atoms with E-state index in [0.29, 0.717) is 44.0 Å². The third-order valence-corrected chi connectivity index (χ3v) is 5.00. The number of hydrogen-bond acceptors (Lipinski definition) is 4. The van der Waals surface area contributed by atoms with Gasteiger partial charge in [-0.2, -0.15) is 13.2 Å². The number of halogens is 3. The summed E-state index contributed by atoms with van der Waals surface area (Å²) in [5.41, 5.74) is 5.83. The van der Waals surface area contributed by atoms with E-state index in [9.17, 15) is 18.0 Å². The van der Waals surface area contributed by atoms with Gasteiger partial charge in [0.05, 0.1) is 5.54 Å². The molecule has 0 aromatic heterocycles. The fourth-order valence-corrected chi connectivity index (χ4v) is 3.28. The Balaban J connectivity index is 1.74. The lowest BCUT2D eigenvalue weighted by Crippen LogP contribution is -2.57.